The summed E-state index contributed by atoms with van der Waals surface area (Å²) in [5.74, 6) is -1.18. The number of carboxylic acid groups (broad SMARTS) is 1. The quantitative estimate of drug-likeness (QED) is 0.149. The van der Waals surface area contributed by atoms with Crippen molar-refractivity contribution in [1.82, 2.24) is 9.88 Å². The molecule has 1 fully saturated rings. The number of amides is 2. The molecule has 49 heavy (non-hydrogen) atoms. The van der Waals surface area contributed by atoms with Crippen LogP contribution < -0.4 is 20.7 Å². The summed E-state index contributed by atoms with van der Waals surface area (Å²) >= 11 is 0. The number of nitrogens with two attached hydrogens (primary N) is 1. The molecule has 2 amide bonds. The number of benzene rings is 3. The van der Waals surface area contributed by atoms with E-state index in [4.69, 9.17) is 5.73 Å². The number of carbonyl (C=O) groups excluding carboxylic acids is 1. The third-order valence-corrected chi connectivity index (χ3v) is 10.1. The second kappa shape index (κ2) is 13.8. The number of pyridine rings is 1. The number of sulfone groups is 1. The average molecular weight is 704 g/mol. The number of nitrogens with one attached hydrogen (secondary N) is 1. The molecule has 11 nitrogen and oxygen atoms in total. The van der Waals surface area contributed by atoms with Crippen LogP contribution in [0.15, 0.2) is 77.8 Å². The third-order valence-electron chi connectivity index (χ3n) is 8.33. The number of halogens is 4. The van der Waals surface area contributed by atoms with Gasteiger partial charge < -0.3 is 25.8 Å². The number of anilines is 3. The van der Waals surface area contributed by atoms with E-state index in [1.807, 2.05) is 0 Å². The number of aromatic nitrogens is 1. The van der Waals surface area contributed by atoms with Crippen LogP contribution in [0.25, 0.3) is 10.8 Å². The molecule has 0 bridgehead atoms. The van der Waals surface area contributed by atoms with Crippen molar-refractivity contribution in [3.05, 3.63) is 84.1 Å². The lowest BCUT2D eigenvalue weighted by molar-refractivity contribution is -0.253. The molecule has 16 heteroatoms. The van der Waals surface area contributed by atoms with Gasteiger partial charge in [-0.05, 0) is 84.0 Å². The molecule has 2 atom stereocenters. The van der Waals surface area contributed by atoms with Gasteiger partial charge in [0.05, 0.1) is 16.7 Å². The monoisotopic (exact) mass is 703 g/mol. The maximum absolute atomic E-state index is 14.6. The van der Waals surface area contributed by atoms with E-state index in [1.165, 1.54) is 55.4 Å². The van der Waals surface area contributed by atoms with Crippen LogP contribution in [-0.4, -0.2) is 67.3 Å². The fourth-order valence-corrected chi connectivity index (χ4v) is 6.92. The largest absolute Gasteiger partial charge is 0.465 e. The van der Waals surface area contributed by atoms with Gasteiger partial charge in [0.1, 0.15) is 17.6 Å². The Balaban J connectivity index is 1.60. The lowest BCUT2D eigenvalue weighted by Gasteiger charge is -2.32. The molecular formula is C33H33F4N5O6S. The van der Waals surface area contributed by atoms with Crippen LogP contribution in [0.5, 0.6) is 5.75 Å². The summed E-state index contributed by atoms with van der Waals surface area (Å²) in [6.45, 7) is 1.64. The minimum atomic E-state index is -4.80. The highest BCUT2D eigenvalue weighted by Crippen LogP contribution is 2.40. The number of alkyl halides is 4. The van der Waals surface area contributed by atoms with E-state index in [-0.39, 0.29) is 39.8 Å². The SMILES string of the molecule is CCS(=O)(=O)c1ccc(N(C)C(=O)O)cc1[C@H]1CCCN1C(=O)[C@H](Nc1ccc2c(N)nccc2c1)c1cccc(OC(F)(F)C(F)F)c1. The van der Waals surface area contributed by atoms with Crippen molar-refractivity contribution in [3.63, 3.8) is 0 Å². The molecule has 1 aliphatic heterocycles. The summed E-state index contributed by atoms with van der Waals surface area (Å²) in [5, 5.41) is 14.0. The van der Waals surface area contributed by atoms with Crippen molar-refractivity contribution in [3.8, 4) is 5.75 Å². The Labute approximate surface area is 279 Å². The number of fused-ring (bicyclic) bond motifs is 1. The van der Waals surface area contributed by atoms with Crippen molar-refractivity contribution >= 4 is 49.8 Å². The predicted molar refractivity (Wildman–Crippen MR) is 175 cm³/mol. The highest BCUT2D eigenvalue weighted by atomic mass is 32.2. The van der Waals surface area contributed by atoms with Gasteiger partial charge >= 0.3 is 18.6 Å². The average Bonchev–Trinajstić information content (AvgIpc) is 3.56. The second-order valence-electron chi connectivity index (χ2n) is 11.4. The molecule has 3 aromatic carbocycles. The smallest absolute Gasteiger partial charge is 0.461 e. The first-order chi connectivity index (χ1) is 23.1. The Morgan fingerprint density at radius 3 is 2.59 bits per heavy atom. The molecular weight excluding hydrogens is 670 g/mol. The van der Waals surface area contributed by atoms with Gasteiger partial charge in [-0.25, -0.2) is 18.2 Å². The van der Waals surface area contributed by atoms with Crippen LogP contribution in [0.1, 0.15) is 43.0 Å². The van der Waals surface area contributed by atoms with Crippen LogP contribution in [-0.2, 0) is 14.6 Å². The van der Waals surface area contributed by atoms with Gasteiger partial charge in [-0.15, -0.1) is 0 Å². The predicted octanol–water partition coefficient (Wildman–Crippen LogP) is 6.48. The topological polar surface area (TPSA) is 155 Å². The number of hydrogen-bond donors (Lipinski definition) is 3. The van der Waals surface area contributed by atoms with E-state index >= 15 is 0 Å². The van der Waals surface area contributed by atoms with E-state index in [0.717, 1.165) is 17.0 Å². The number of rotatable bonds is 11. The number of nitrogen functional groups attached to an aromatic ring is 1. The molecule has 1 aromatic heterocycles. The van der Waals surface area contributed by atoms with Gasteiger partial charge in [0.2, 0.25) is 5.91 Å². The Kier molecular flexibility index (Phi) is 9.90. The molecule has 5 rings (SSSR count). The highest BCUT2D eigenvalue weighted by Gasteiger charge is 2.44. The number of carbonyl (C=O) groups is 2. The van der Waals surface area contributed by atoms with Crippen LogP contribution in [0, 0.1) is 0 Å². The highest BCUT2D eigenvalue weighted by molar-refractivity contribution is 7.91. The molecule has 4 N–H and O–H groups in total. The molecule has 260 valence electrons. The van der Waals surface area contributed by atoms with Crippen molar-refractivity contribution in [1.29, 1.82) is 0 Å². The zero-order valence-corrected chi connectivity index (χ0v) is 27.1. The molecule has 0 radical (unpaired) electrons. The van der Waals surface area contributed by atoms with Crippen molar-refractivity contribution in [2.75, 3.05) is 35.3 Å². The summed E-state index contributed by atoms with van der Waals surface area (Å²) in [6.07, 6.45) is -7.90. The summed E-state index contributed by atoms with van der Waals surface area (Å²) in [5.41, 5.74) is 6.89. The first-order valence-electron chi connectivity index (χ1n) is 15.1. The fourth-order valence-electron chi connectivity index (χ4n) is 5.78. The van der Waals surface area contributed by atoms with Crippen molar-refractivity contribution in [2.24, 2.45) is 0 Å². The summed E-state index contributed by atoms with van der Waals surface area (Å²) in [6, 6.07) is 13.5. The van der Waals surface area contributed by atoms with Gasteiger partial charge in [0.25, 0.3) is 0 Å². The van der Waals surface area contributed by atoms with Gasteiger partial charge in [-0.1, -0.05) is 19.1 Å². The fraction of sp³-hybridized carbons (Fsp3) is 0.303. The summed E-state index contributed by atoms with van der Waals surface area (Å²) in [7, 11) is -2.54. The Morgan fingerprint density at radius 2 is 1.90 bits per heavy atom. The van der Waals surface area contributed by atoms with Crippen LogP contribution in [0.2, 0.25) is 0 Å². The molecule has 0 unspecified atom stereocenters. The molecule has 0 saturated carbocycles. The van der Waals surface area contributed by atoms with Crippen LogP contribution in [0.4, 0.5) is 39.5 Å². The zero-order valence-electron chi connectivity index (χ0n) is 26.3. The van der Waals surface area contributed by atoms with Crippen LogP contribution >= 0.6 is 0 Å². The minimum absolute atomic E-state index is 0.0582. The molecule has 2 heterocycles. The molecule has 0 aliphatic carbocycles. The lowest BCUT2D eigenvalue weighted by atomic mass is 10.0. The third kappa shape index (κ3) is 7.33. The van der Waals surface area contributed by atoms with E-state index < -0.39 is 52.2 Å². The van der Waals surface area contributed by atoms with Gasteiger partial charge in [-0.2, -0.15) is 17.6 Å². The van der Waals surface area contributed by atoms with E-state index in [0.29, 0.717) is 29.3 Å². The number of hydrogen-bond acceptors (Lipinski definition) is 8. The lowest BCUT2D eigenvalue weighted by Crippen LogP contribution is -2.38. The van der Waals surface area contributed by atoms with Gasteiger partial charge in [0, 0.05) is 36.6 Å². The van der Waals surface area contributed by atoms with E-state index in [2.05, 4.69) is 15.0 Å². The van der Waals surface area contributed by atoms with E-state index in [1.54, 1.807) is 24.3 Å². The van der Waals surface area contributed by atoms with Crippen molar-refractivity contribution in [2.45, 2.75) is 49.3 Å². The van der Waals surface area contributed by atoms with Crippen molar-refractivity contribution < 1.29 is 45.4 Å². The van der Waals surface area contributed by atoms with Crippen LogP contribution in [0.3, 0.4) is 0 Å². The van der Waals surface area contributed by atoms with Gasteiger partial charge in [0.15, 0.2) is 9.84 Å². The normalized spacial score (nSPS) is 15.7. The zero-order chi connectivity index (χ0) is 35.7. The number of likely N-dealkylation sites (tertiary alicyclic amines) is 1. The standard InChI is InChI=1S/C33H33F4N5O6S/c1-3-49(46,47)27-12-10-22(41(2)32(44)45)18-25(27)26-8-5-15-42(26)30(43)28(20-6-4-7-23(17-20)48-33(36,37)31(34)35)40-21-9-11-24-19(16-21)13-14-39-29(24)38/h4,6-7,9-14,16-18,26,28,31,40H,3,5,8,15H2,1-2H3,(H2,38,39)(H,44,45)/t26-,28-/m1/s1. The Bertz CT molecular complexity index is 2000. The first-order valence-corrected chi connectivity index (χ1v) is 16.8. The van der Waals surface area contributed by atoms with Gasteiger partial charge in [-0.3, -0.25) is 9.69 Å². The molecule has 4 aromatic rings. The minimum Gasteiger partial charge on any atom is -0.465 e. The summed E-state index contributed by atoms with van der Waals surface area (Å²) in [4.78, 5) is 32.7. The molecule has 1 saturated heterocycles. The number of nitrogens with zero attached hydrogens (tertiary/aromatic N) is 3. The second-order valence-corrected chi connectivity index (χ2v) is 13.6. The summed E-state index contributed by atoms with van der Waals surface area (Å²) < 4.78 is 84.4. The molecule has 0 spiro atoms. The Hall–Kier alpha value is -5.12. The van der Waals surface area contributed by atoms with E-state index in [9.17, 15) is 40.7 Å². The maximum Gasteiger partial charge on any atom is 0.461 e. The molecule has 1 aliphatic rings. The maximum atomic E-state index is 14.6. The Morgan fingerprint density at radius 1 is 1.14 bits per heavy atom. The first kappa shape index (κ1) is 35.2. The number of ether oxygens (including phenoxy) is 1.